The van der Waals surface area contributed by atoms with Crippen LogP contribution in [0.5, 0.6) is 0 Å². The number of pyridine rings is 1. The Bertz CT molecular complexity index is 467. The van der Waals surface area contributed by atoms with Gasteiger partial charge in [0.05, 0.1) is 11.9 Å². The van der Waals surface area contributed by atoms with Crippen molar-refractivity contribution in [3.05, 3.63) is 44.8 Å². The molecule has 0 aliphatic heterocycles. The molecular weight excluding hydrogens is 298 g/mol. The third-order valence-corrected chi connectivity index (χ3v) is 4.31. The molecular formula is C12H14BrN3S. The van der Waals surface area contributed by atoms with E-state index in [1.807, 2.05) is 12.1 Å². The molecule has 2 aromatic rings. The molecule has 90 valence electrons. The van der Waals surface area contributed by atoms with Crippen LogP contribution in [0.3, 0.4) is 0 Å². The lowest BCUT2D eigenvalue weighted by Gasteiger charge is -2.04. The van der Waals surface area contributed by atoms with Crippen LogP contribution in [0.15, 0.2) is 34.2 Å². The monoisotopic (exact) mass is 311 g/mol. The number of anilines is 1. The van der Waals surface area contributed by atoms with Crippen LogP contribution in [0.1, 0.15) is 10.6 Å². The molecule has 2 heterocycles. The Kier molecular flexibility index (Phi) is 4.53. The van der Waals surface area contributed by atoms with E-state index in [0.717, 1.165) is 25.2 Å². The van der Waals surface area contributed by atoms with Crippen molar-refractivity contribution in [3.63, 3.8) is 0 Å². The molecule has 0 saturated heterocycles. The highest BCUT2D eigenvalue weighted by Gasteiger charge is 2.00. The molecule has 0 saturated carbocycles. The van der Waals surface area contributed by atoms with Crippen LogP contribution in [0.2, 0.25) is 0 Å². The molecule has 0 bridgehead atoms. The Balaban J connectivity index is 1.73. The van der Waals surface area contributed by atoms with Gasteiger partial charge in [0.15, 0.2) is 0 Å². The third-order valence-electron chi connectivity index (χ3n) is 2.38. The van der Waals surface area contributed by atoms with Crippen molar-refractivity contribution in [2.45, 2.75) is 13.0 Å². The average Bonchev–Trinajstić information content (AvgIpc) is 2.73. The summed E-state index contributed by atoms with van der Waals surface area (Å²) >= 11 is 5.27. The van der Waals surface area contributed by atoms with E-state index in [0.29, 0.717) is 5.69 Å². The van der Waals surface area contributed by atoms with Gasteiger partial charge in [0.2, 0.25) is 0 Å². The van der Waals surface area contributed by atoms with Gasteiger partial charge in [0.25, 0.3) is 0 Å². The highest BCUT2D eigenvalue weighted by molar-refractivity contribution is 9.10. The van der Waals surface area contributed by atoms with Crippen molar-refractivity contribution in [2.75, 3.05) is 12.3 Å². The van der Waals surface area contributed by atoms with E-state index < -0.39 is 0 Å². The SMILES string of the molecule is Nc1ccc(CCNCc2sccc2Br)nc1. The van der Waals surface area contributed by atoms with Gasteiger partial charge in [-0.3, -0.25) is 4.98 Å². The predicted octanol–water partition coefficient (Wildman–Crippen LogP) is 2.82. The third kappa shape index (κ3) is 3.80. The maximum atomic E-state index is 5.58. The lowest BCUT2D eigenvalue weighted by atomic mass is 10.2. The molecule has 0 aromatic carbocycles. The Morgan fingerprint density at radius 2 is 2.24 bits per heavy atom. The predicted molar refractivity (Wildman–Crippen MR) is 76.1 cm³/mol. The van der Waals surface area contributed by atoms with Crippen molar-refractivity contribution < 1.29 is 0 Å². The number of nitrogens with zero attached hydrogens (tertiary/aromatic N) is 1. The second-order valence-corrected chi connectivity index (χ2v) is 5.56. The van der Waals surface area contributed by atoms with Crippen LogP contribution in [0, 0.1) is 0 Å². The van der Waals surface area contributed by atoms with Gasteiger partial charge in [0, 0.05) is 34.6 Å². The molecule has 0 radical (unpaired) electrons. The molecule has 0 atom stereocenters. The smallest absolute Gasteiger partial charge is 0.0501 e. The molecule has 0 spiro atoms. The molecule has 2 aromatic heterocycles. The number of nitrogens with one attached hydrogen (secondary N) is 1. The summed E-state index contributed by atoms with van der Waals surface area (Å²) in [5, 5.41) is 5.49. The maximum absolute atomic E-state index is 5.58. The summed E-state index contributed by atoms with van der Waals surface area (Å²) in [4.78, 5) is 5.59. The zero-order chi connectivity index (χ0) is 12.1. The number of hydrogen-bond acceptors (Lipinski definition) is 4. The zero-order valence-corrected chi connectivity index (χ0v) is 11.7. The van der Waals surface area contributed by atoms with Gasteiger partial charge >= 0.3 is 0 Å². The molecule has 3 nitrogen and oxygen atoms in total. The Morgan fingerprint density at radius 1 is 1.35 bits per heavy atom. The van der Waals surface area contributed by atoms with Crippen LogP contribution >= 0.6 is 27.3 Å². The first-order chi connectivity index (χ1) is 8.25. The summed E-state index contributed by atoms with van der Waals surface area (Å²) in [6.45, 7) is 1.81. The van der Waals surface area contributed by atoms with Crippen LogP contribution in [-0.2, 0) is 13.0 Å². The van der Waals surface area contributed by atoms with E-state index in [1.54, 1.807) is 17.5 Å². The minimum Gasteiger partial charge on any atom is -0.397 e. The van der Waals surface area contributed by atoms with Crippen molar-refractivity contribution in [1.82, 2.24) is 10.3 Å². The quantitative estimate of drug-likeness (QED) is 0.835. The Hall–Kier alpha value is -0.910. The van der Waals surface area contributed by atoms with E-state index >= 15 is 0 Å². The van der Waals surface area contributed by atoms with E-state index in [1.165, 1.54) is 9.35 Å². The van der Waals surface area contributed by atoms with Gasteiger partial charge < -0.3 is 11.1 Å². The number of thiophene rings is 1. The summed E-state index contributed by atoms with van der Waals surface area (Å²) in [6, 6.07) is 5.93. The first-order valence-corrected chi connectivity index (χ1v) is 7.06. The highest BCUT2D eigenvalue weighted by atomic mass is 79.9. The largest absolute Gasteiger partial charge is 0.397 e. The van der Waals surface area contributed by atoms with Gasteiger partial charge in [0.1, 0.15) is 0 Å². The Labute approximate surface area is 113 Å². The van der Waals surface area contributed by atoms with Crippen LogP contribution in [0.4, 0.5) is 5.69 Å². The Morgan fingerprint density at radius 3 is 2.88 bits per heavy atom. The lowest BCUT2D eigenvalue weighted by Crippen LogP contribution is -2.16. The van der Waals surface area contributed by atoms with E-state index in [-0.39, 0.29) is 0 Å². The second kappa shape index (κ2) is 6.14. The number of nitrogens with two attached hydrogens (primary N) is 1. The molecule has 0 fully saturated rings. The molecule has 17 heavy (non-hydrogen) atoms. The molecule has 5 heteroatoms. The first kappa shape index (κ1) is 12.5. The fourth-order valence-electron chi connectivity index (χ4n) is 1.45. The fraction of sp³-hybridized carbons (Fsp3) is 0.250. The summed E-state index contributed by atoms with van der Waals surface area (Å²) in [5.74, 6) is 0. The molecule has 0 unspecified atom stereocenters. The van der Waals surface area contributed by atoms with Crippen molar-refractivity contribution >= 4 is 33.0 Å². The van der Waals surface area contributed by atoms with Gasteiger partial charge in [-0.15, -0.1) is 11.3 Å². The molecule has 2 rings (SSSR count). The van der Waals surface area contributed by atoms with Crippen LogP contribution in [0.25, 0.3) is 0 Å². The highest BCUT2D eigenvalue weighted by Crippen LogP contribution is 2.21. The topological polar surface area (TPSA) is 50.9 Å². The number of rotatable bonds is 5. The summed E-state index contributed by atoms with van der Waals surface area (Å²) in [6.07, 6.45) is 2.62. The van der Waals surface area contributed by atoms with Crippen molar-refractivity contribution in [3.8, 4) is 0 Å². The number of halogens is 1. The minimum absolute atomic E-state index is 0.712. The van der Waals surface area contributed by atoms with Gasteiger partial charge in [-0.2, -0.15) is 0 Å². The number of hydrogen-bond donors (Lipinski definition) is 2. The van der Waals surface area contributed by atoms with Crippen molar-refractivity contribution in [1.29, 1.82) is 0 Å². The maximum Gasteiger partial charge on any atom is 0.0501 e. The van der Waals surface area contributed by atoms with E-state index in [9.17, 15) is 0 Å². The minimum atomic E-state index is 0.712. The zero-order valence-electron chi connectivity index (χ0n) is 9.32. The summed E-state index contributed by atoms with van der Waals surface area (Å²) < 4.78 is 1.18. The van der Waals surface area contributed by atoms with Gasteiger partial charge in [-0.25, -0.2) is 0 Å². The van der Waals surface area contributed by atoms with Gasteiger partial charge in [-0.05, 0) is 39.5 Å². The molecule has 0 aliphatic carbocycles. The molecule has 0 amide bonds. The molecule has 0 aliphatic rings. The van der Waals surface area contributed by atoms with E-state index in [2.05, 4.69) is 37.7 Å². The summed E-state index contributed by atoms with van der Waals surface area (Å²) in [7, 11) is 0. The number of aromatic nitrogens is 1. The second-order valence-electron chi connectivity index (χ2n) is 3.70. The van der Waals surface area contributed by atoms with Crippen LogP contribution in [-0.4, -0.2) is 11.5 Å². The van der Waals surface area contributed by atoms with Crippen molar-refractivity contribution in [2.24, 2.45) is 0 Å². The van der Waals surface area contributed by atoms with Gasteiger partial charge in [-0.1, -0.05) is 0 Å². The molecule has 3 N–H and O–H groups in total. The normalized spacial score (nSPS) is 10.6. The summed E-state index contributed by atoms with van der Waals surface area (Å²) in [5.41, 5.74) is 7.36. The van der Waals surface area contributed by atoms with Crippen LogP contribution < -0.4 is 11.1 Å². The first-order valence-electron chi connectivity index (χ1n) is 5.38. The average molecular weight is 312 g/mol. The van der Waals surface area contributed by atoms with E-state index in [4.69, 9.17) is 5.73 Å². The standard InChI is InChI=1S/C12H14BrN3S/c13-11-4-6-17-12(11)8-15-5-3-10-2-1-9(14)7-16-10/h1-2,4,6-7,15H,3,5,8,14H2. The lowest BCUT2D eigenvalue weighted by molar-refractivity contribution is 0.685. The number of nitrogen functional groups attached to an aromatic ring is 1. The fourth-order valence-corrected chi connectivity index (χ4v) is 2.92.